The van der Waals surface area contributed by atoms with E-state index in [-0.39, 0.29) is 24.4 Å². The van der Waals surface area contributed by atoms with E-state index in [1.807, 2.05) is 36.4 Å². The van der Waals surface area contributed by atoms with Gasteiger partial charge in [0.2, 0.25) is 0 Å². The third kappa shape index (κ3) is 7.43. The normalized spacial score (nSPS) is 10.8. The summed E-state index contributed by atoms with van der Waals surface area (Å²) in [6, 6.07) is 27.4. The van der Waals surface area contributed by atoms with Gasteiger partial charge < -0.3 is 26.4 Å². The molecule has 0 bridgehead atoms. The second-order valence-corrected chi connectivity index (χ2v) is 8.05. The molecule has 0 spiro atoms. The third-order valence-corrected chi connectivity index (χ3v) is 5.65. The number of amidine groups is 1. The fourth-order valence-corrected chi connectivity index (χ4v) is 3.88. The molecule has 3 rings (SSSR count). The Labute approximate surface area is 201 Å². The molecule has 3 aromatic rings. The lowest BCUT2D eigenvalue weighted by Gasteiger charge is -2.26. The van der Waals surface area contributed by atoms with E-state index in [4.69, 9.17) is 16.2 Å². The minimum atomic E-state index is -0.216. The van der Waals surface area contributed by atoms with Gasteiger partial charge >= 0.3 is 6.03 Å². The molecule has 178 valence electrons. The quantitative estimate of drug-likeness (QED) is 0.162. The van der Waals surface area contributed by atoms with Crippen LogP contribution >= 0.6 is 0 Å². The zero-order valence-corrected chi connectivity index (χ0v) is 19.3. The Balaban J connectivity index is 1.75. The van der Waals surface area contributed by atoms with Crippen molar-refractivity contribution in [2.24, 2.45) is 5.73 Å². The number of aliphatic hydroxyl groups is 1. The molecule has 0 atom stereocenters. The number of aliphatic hydroxyl groups excluding tert-OH is 1. The lowest BCUT2D eigenvalue weighted by Crippen LogP contribution is -2.41. The van der Waals surface area contributed by atoms with Crippen LogP contribution in [0.4, 0.5) is 10.5 Å². The van der Waals surface area contributed by atoms with E-state index in [0.717, 1.165) is 6.42 Å². The molecular formula is C27H33N5O2. The second kappa shape index (κ2) is 13.1. The van der Waals surface area contributed by atoms with Crippen LogP contribution in [0.15, 0.2) is 84.9 Å². The molecule has 6 N–H and O–H groups in total. The van der Waals surface area contributed by atoms with Crippen LogP contribution < -0.4 is 16.4 Å². The molecule has 2 amide bonds. The number of benzene rings is 3. The first-order valence-corrected chi connectivity index (χ1v) is 11.5. The summed E-state index contributed by atoms with van der Waals surface area (Å²) in [6.45, 7) is 2.14. The van der Waals surface area contributed by atoms with Crippen LogP contribution in [0, 0.1) is 5.41 Å². The van der Waals surface area contributed by atoms with Gasteiger partial charge in [0.15, 0.2) is 0 Å². The zero-order chi connectivity index (χ0) is 24.2. The Morgan fingerprint density at radius 2 is 1.56 bits per heavy atom. The summed E-state index contributed by atoms with van der Waals surface area (Å²) in [5.41, 5.74) is 9.16. The molecule has 0 fully saturated rings. The van der Waals surface area contributed by atoms with E-state index in [1.54, 1.807) is 29.2 Å². The Morgan fingerprint density at radius 3 is 2.15 bits per heavy atom. The molecule has 0 saturated carbocycles. The number of nitrogen functional groups attached to an aromatic ring is 1. The van der Waals surface area contributed by atoms with E-state index < -0.39 is 0 Å². The van der Waals surface area contributed by atoms with Crippen molar-refractivity contribution >= 4 is 17.6 Å². The number of carbonyl (C=O) groups excluding carboxylic acids is 1. The van der Waals surface area contributed by atoms with Crippen molar-refractivity contribution in [2.75, 3.05) is 38.1 Å². The highest BCUT2D eigenvalue weighted by atomic mass is 16.3. The lowest BCUT2D eigenvalue weighted by atomic mass is 9.88. The Kier molecular flexibility index (Phi) is 9.64. The van der Waals surface area contributed by atoms with Gasteiger partial charge in [-0.1, -0.05) is 72.8 Å². The first kappa shape index (κ1) is 25.0. The highest BCUT2D eigenvalue weighted by molar-refractivity contribution is 5.97. The molecule has 0 aromatic heterocycles. The minimum absolute atomic E-state index is 0.0466. The number of hydrogen-bond donors (Lipinski definition) is 5. The van der Waals surface area contributed by atoms with Crippen LogP contribution in [-0.4, -0.2) is 54.7 Å². The first-order valence-electron chi connectivity index (χ1n) is 11.5. The monoisotopic (exact) mass is 459 g/mol. The van der Waals surface area contributed by atoms with E-state index in [1.165, 1.54) is 11.1 Å². The molecule has 7 heteroatoms. The van der Waals surface area contributed by atoms with Gasteiger partial charge in [0.05, 0.1) is 6.61 Å². The summed E-state index contributed by atoms with van der Waals surface area (Å²) in [5, 5.41) is 22.8. The fourth-order valence-electron chi connectivity index (χ4n) is 3.88. The van der Waals surface area contributed by atoms with Crippen molar-refractivity contribution in [3.05, 3.63) is 102 Å². The van der Waals surface area contributed by atoms with Crippen molar-refractivity contribution in [3.8, 4) is 0 Å². The average Bonchev–Trinajstić information content (AvgIpc) is 2.87. The molecule has 0 unspecified atom stereocenters. The number of urea groups is 1. The van der Waals surface area contributed by atoms with Crippen molar-refractivity contribution in [1.82, 2.24) is 10.2 Å². The minimum Gasteiger partial charge on any atom is -0.395 e. The maximum Gasteiger partial charge on any atom is 0.321 e. The highest BCUT2D eigenvalue weighted by Crippen LogP contribution is 2.28. The zero-order valence-electron chi connectivity index (χ0n) is 19.3. The number of hydrogen-bond acceptors (Lipinski definition) is 4. The summed E-state index contributed by atoms with van der Waals surface area (Å²) >= 11 is 0. The fraction of sp³-hybridized carbons (Fsp3) is 0.259. The summed E-state index contributed by atoms with van der Waals surface area (Å²) in [4.78, 5) is 15.0. The van der Waals surface area contributed by atoms with Crippen LogP contribution in [0.3, 0.4) is 0 Å². The lowest BCUT2D eigenvalue weighted by molar-refractivity contribution is 0.209. The Morgan fingerprint density at radius 1 is 0.912 bits per heavy atom. The molecule has 0 aliphatic carbocycles. The van der Waals surface area contributed by atoms with E-state index >= 15 is 0 Å². The van der Waals surface area contributed by atoms with Gasteiger partial charge in [0.1, 0.15) is 5.84 Å². The molecule has 3 aromatic carbocycles. The second-order valence-electron chi connectivity index (χ2n) is 8.05. The topological polar surface area (TPSA) is 114 Å². The van der Waals surface area contributed by atoms with Gasteiger partial charge in [-0.3, -0.25) is 5.41 Å². The van der Waals surface area contributed by atoms with Gasteiger partial charge in [0, 0.05) is 43.3 Å². The number of rotatable bonds is 12. The van der Waals surface area contributed by atoms with E-state index in [9.17, 15) is 4.79 Å². The highest BCUT2D eigenvalue weighted by Gasteiger charge is 2.19. The Hall–Kier alpha value is -3.68. The molecular weight excluding hydrogens is 426 g/mol. The van der Waals surface area contributed by atoms with Gasteiger partial charge in [0.25, 0.3) is 0 Å². The van der Waals surface area contributed by atoms with Crippen LogP contribution in [-0.2, 0) is 0 Å². The van der Waals surface area contributed by atoms with Crippen LogP contribution in [0.2, 0.25) is 0 Å². The molecule has 0 aliphatic rings. The van der Waals surface area contributed by atoms with Crippen LogP contribution in [0.1, 0.15) is 29.0 Å². The molecule has 0 saturated heterocycles. The average molecular weight is 460 g/mol. The summed E-state index contributed by atoms with van der Waals surface area (Å²) in [5.74, 6) is 0.110. The number of nitrogens with zero attached hydrogens (tertiary/aromatic N) is 1. The smallest absolute Gasteiger partial charge is 0.321 e. The standard InChI is InChI=1S/C27H33N5O2/c28-26(29)23-12-7-13-24(20-23)31-27(34)32(18-15-30-16-19-33)17-14-25(21-8-3-1-4-9-21)22-10-5-2-6-11-22/h1-13,20,25,30,33H,14-19H2,(H3,28,29)(H,31,34). The number of anilines is 1. The SMILES string of the molecule is N=C(N)c1cccc(NC(=O)N(CCNCCO)CCC(c2ccccc2)c2ccccc2)c1. The van der Waals surface area contributed by atoms with Gasteiger partial charge in [-0.05, 0) is 29.7 Å². The van der Waals surface area contributed by atoms with Gasteiger partial charge in [-0.15, -0.1) is 0 Å². The van der Waals surface area contributed by atoms with Crippen molar-refractivity contribution in [2.45, 2.75) is 12.3 Å². The van der Waals surface area contributed by atoms with E-state index in [0.29, 0.717) is 37.4 Å². The molecule has 0 aliphatic heterocycles. The molecule has 0 heterocycles. The van der Waals surface area contributed by atoms with Crippen molar-refractivity contribution in [3.63, 3.8) is 0 Å². The summed E-state index contributed by atoms with van der Waals surface area (Å²) < 4.78 is 0. The van der Waals surface area contributed by atoms with Crippen molar-refractivity contribution in [1.29, 1.82) is 5.41 Å². The van der Waals surface area contributed by atoms with Crippen LogP contribution in [0.25, 0.3) is 0 Å². The molecule has 34 heavy (non-hydrogen) atoms. The molecule has 7 nitrogen and oxygen atoms in total. The Bertz CT molecular complexity index is 1000. The first-order chi connectivity index (χ1) is 16.6. The number of nitrogens with two attached hydrogens (primary N) is 1. The van der Waals surface area contributed by atoms with Gasteiger partial charge in [-0.25, -0.2) is 4.79 Å². The third-order valence-electron chi connectivity index (χ3n) is 5.65. The predicted molar refractivity (Wildman–Crippen MR) is 137 cm³/mol. The van der Waals surface area contributed by atoms with Crippen molar-refractivity contribution < 1.29 is 9.90 Å². The molecule has 0 radical (unpaired) electrons. The van der Waals surface area contributed by atoms with Crippen LogP contribution in [0.5, 0.6) is 0 Å². The number of amides is 2. The van der Waals surface area contributed by atoms with E-state index in [2.05, 4.69) is 34.9 Å². The number of nitrogens with one attached hydrogen (secondary N) is 3. The predicted octanol–water partition coefficient (Wildman–Crippen LogP) is 3.61. The van der Waals surface area contributed by atoms with Gasteiger partial charge in [-0.2, -0.15) is 0 Å². The summed E-state index contributed by atoms with van der Waals surface area (Å²) in [6.07, 6.45) is 0.759. The largest absolute Gasteiger partial charge is 0.395 e. The maximum atomic E-state index is 13.2. The maximum absolute atomic E-state index is 13.2. The summed E-state index contributed by atoms with van der Waals surface area (Å²) in [7, 11) is 0. The number of carbonyl (C=O) groups is 1.